The van der Waals surface area contributed by atoms with Gasteiger partial charge in [0, 0.05) is 5.56 Å². The van der Waals surface area contributed by atoms with Gasteiger partial charge in [-0.05, 0) is 24.3 Å². The Labute approximate surface area is 155 Å². The van der Waals surface area contributed by atoms with E-state index in [1.165, 1.54) is 36.4 Å². The average Bonchev–Trinajstić information content (AvgIpc) is 2.64. The van der Waals surface area contributed by atoms with Gasteiger partial charge in [-0.3, -0.25) is 9.59 Å². The summed E-state index contributed by atoms with van der Waals surface area (Å²) in [6.07, 6.45) is 0. The Morgan fingerprint density at radius 1 is 1.12 bits per heavy atom. The lowest BCUT2D eigenvalue weighted by Crippen LogP contribution is -2.32. The molecule has 0 aliphatic carbocycles. The third-order valence-electron chi connectivity index (χ3n) is 3.24. The number of hydrogen-bond donors (Lipinski definition) is 1. The molecule has 0 saturated heterocycles. The minimum atomic E-state index is -4.07. The van der Waals surface area contributed by atoms with Gasteiger partial charge in [-0.2, -0.15) is 9.98 Å². The van der Waals surface area contributed by atoms with Crippen LogP contribution in [0.25, 0.3) is 0 Å². The Kier molecular flexibility index (Phi) is 6.46. The highest BCUT2D eigenvalue weighted by Gasteiger charge is 2.20. The quantitative estimate of drug-likeness (QED) is 0.568. The summed E-state index contributed by atoms with van der Waals surface area (Å²) in [6.45, 7) is -1.25. The first kappa shape index (κ1) is 19.6. The number of benzene rings is 2. The maximum atomic E-state index is 12.2. The number of sulfonamides is 1. The van der Waals surface area contributed by atoms with Crippen molar-refractivity contribution in [1.82, 2.24) is 4.72 Å². The Morgan fingerprint density at radius 2 is 1.77 bits per heavy atom. The van der Waals surface area contributed by atoms with E-state index in [9.17, 15) is 18.0 Å². The first-order valence-corrected chi connectivity index (χ1v) is 9.13. The normalized spacial score (nSPS) is 10.8. The molecule has 0 aromatic heterocycles. The van der Waals surface area contributed by atoms with Gasteiger partial charge < -0.3 is 4.74 Å². The molecule has 26 heavy (non-hydrogen) atoms. The van der Waals surface area contributed by atoms with Gasteiger partial charge in [-0.25, -0.2) is 8.42 Å². The van der Waals surface area contributed by atoms with Crippen LogP contribution in [0.3, 0.4) is 0 Å². The van der Waals surface area contributed by atoms with Gasteiger partial charge in [0.1, 0.15) is 12.6 Å². The molecule has 9 heteroatoms. The average molecular weight is 393 g/mol. The van der Waals surface area contributed by atoms with Crippen molar-refractivity contribution in [3.8, 4) is 6.07 Å². The van der Waals surface area contributed by atoms with Crippen molar-refractivity contribution in [2.75, 3.05) is 13.2 Å². The van der Waals surface area contributed by atoms with E-state index in [-0.39, 0.29) is 21.0 Å². The summed E-state index contributed by atoms with van der Waals surface area (Å²) in [7, 11) is -4.07. The molecule has 0 fully saturated rings. The zero-order chi connectivity index (χ0) is 19.2. The second kappa shape index (κ2) is 8.58. The number of nitriles is 1. The third kappa shape index (κ3) is 4.89. The molecule has 0 aliphatic heterocycles. The molecule has 7 nitrogen and oxygen atoms in total. The molecule has 0 amide bonds. The monoisotopic (exact) mass is 392 g/mol. The minimum Gasteiger partial charge on any atom is -0.456 e. The van der Waals surface area contributed by atoms with Crippen molar-refractivity contribution in [3.05, 3.63) is 64.7 Å². The van der Waals surface area contributed by atoms with E-state index >= 15 is 0 Å². The van der Waals surface area contributed by atoms with Crippen LogP contribution in [0.4, 0.5) is 0 Å². The first-order chi connectivity index (χ1) is 12.3. The molecule has 2 rings (SSSR count). The van der Waals surface area contributed by atoms with Crippen LogP contribution in [0.15, 0.2) is 53.4 Å². The van der Waals surface area contributed by atoms with Crippen LogP contribution in [0.2, 0.25) is 5.02 Å². The van der Waals surface area contributed by atoms with Crippen LogP contribution in [0.5, 0.6) is 0 Å². The molecule has 0 heterocycles. The predicted octanol–water partition coefficient (Wildman–Crippen LogP) is 1.92. The highest BCUT2D eigenvalue weighted by molar-refractivity contribution is 7.89. The summed E-state index contributed by atoms with van der Waals surface area (Å²) in [5.41, 5.74) is 0.146. The van der Waals surface area contributed by atoms with Crippen molar-refractivity contribution in [1.29, 1.82) is 5.26 Å². The second-order valence-corrected chi connectivity index (χ2v) is 7.14. The van der Waals surface area contributed by atoms with Crippen molar-refractivity contribution in [2.24, 2.45) is 0 Å². The molecule has 0 radical (unpaired) electrons. The third-order valence-corrected chi connectivity index (χ3v) is 5.03. The molecule has 0 saturated carbocycles. The van der Waals surface area contributed by atoms with Gasteiger partial charge in [-0.1, -0.05) is 35.9 Å². The zero-order valence-electron chi connectivity index (χ0n) is 13.3. The van der Waals surface area contributed by atoms with Crippen molar-refractivity contribution in [2.45, 2.75) is 4.90 Å². The lowest BCUT2D eigenvalue weighted by atomic mass is 10.1. The molecule has 1 N–H and O–H groups in total. The molecule has 2 aromatic carbocycles. The fourth-order valence-corrected chi connectivity index (χ4v) is 3.35. The zero-order valence-corrected chi connectivity index (χ0v) is 14.9. The highest BCUT2D eigenvalue weighted by atomic mass is 35.5. The molecule has 0 aliphatic rings. The fourth-order valence-electron chi connectivity index (χ4n) is 1.99. The predicted molar refractivity (Wildman–Crippen MR) is 93.1 cm³/mol. The molecule has 2 aromatic rings. The van der Waals surface area contributed by atoms with Gasteiger partial charge in [0.2, 0.25) is 15.8 Å². The Morgan fingerprint density at radius 3 is 2.46 bits per heavy atom. The van der Waals surface area contributed by atoms with Gasteiger partial charge >= 0.3 is 5.97 Å². The SMILES string of the molecule is N#Cc1ccccc1S(=O)(=O)NCC(=O)OCC(=O)c1ccccc1Cl. The van der Waals surface area contributed by atoms with Crippen LogP contribution >= 0.6 is 11.6 Å². The van der Waals surface area contributed by atoms with Crippen molar-refractivity contribution >= 4 is 33.4 Å². The van der Waals surface area contributed by atoms with E-state index in [4.69, 9.17) is 21.6 Å². The van der Waals surface area contributed by atoms with E-state index in [1.54, 1.807) is 18.2 Å². The maximum Gasteiger partial charge on any atom is 0.321 e. The number of nitrogens with zero attached hydrogens (tertiary/aromatic N) is 1. The van der Waals surface area contributed by atoms with E-state index in [2.05, 4.69) is 0 Å². The summed E-state index contributed by atoms with van der Waals surface area (Å²) >= 11 is 5.87. The second-order valence-electron chi connectivity index (χ2n) is 5.00. The number of carbonyl (C=O) groups excluding carboxylic acids is 2. The van der Waals surface area contributed by atoms with Crippen LogP contribution in [0.1, 0.15) is 15.9 Å². The van der Waals surface area contributed by atoms with E-state index in [0.29, 0.717) is 0 Å². The highest BCUT2D eigenvalue weighted by Crippen LogP contribution is 2.16. The number of Topliss-reactive ketones (excluding diaryl/α,β-unsaturated/α-hetero) is 1. The number of rotatable bonds is 7. The van der Waals surface area contributed by atoms with Crippen molar-refractivity contribution in [3.63, 3.8) is 0 Å². The molecule has 0 bridgehead atoms. The lowest BCUT2D eigenvalue weighted by molar-refractivity contribution is -0.141. The van der Waals surface area contributed by atoms with Crippen LogP contribution < -0.4 is 4.72 Å². The lowest BCUT2D eigenvalue weighted by Gasteiger charge is -2.08. The number of hydrogen-bond acceptors (Lipinski definition) is 6. The number of halogens is 1. The van der Waals surface area contributed by atoms with Gasteiger partial charge in [0.05, 0.1) is 15.5 Å². The molecule has 0 atom stereocenters. The van der Waals surface area contributed by atoms with Crippen molar-refractivity contribution < 1.29 is 22.7 Å². The Hall–Kier alpha value is -2.73. The Balaban J connectivity index is 1.94. The first-order valence-electron chi connectivity index (χ1n) is 7.27. The number of esters is 1. The van der Waals surface area contributed by atoms with Gasteiger partial charge in [0.25, 0.3) is 0 Å². The standard InChI is InChI=1S/C17H13ClN2O5S/c18-14-7-3-2-6-13(14)15(21)11-25-17(22)10-20-26(23,24)16-8-4-1-5-12(16)9-19/h1-8,20H,10-11H2. The summed E-state index contributed by atoms with van der Waals surface area (Å²) < 4.78 is 31.1. The van der Waals surface area contributed by atoms with Crippen LogP contribution in [-0.2, 0) is 19.6 Å². The Bertz CT molecular complexity index is 983. The van der Waals surface area contributed by atoms with Crippen LogP contribution in [0, 0.1) is 11.3 Å². The minimum absolute atomic E-state index is 0.0535. The van der Waals surface area contributed by atoms with E-state index in [0.717, 1.165) is 0 Å². The summed E-state index contributed by atoms with van der Waals surface area (Å²) in [4.78, 5) is 23.4. The topological polar surface area (TPSA) is 113 Å². The van der Waals surface area contributed by atoms with Gasteiger partial charge in [0.15, 0.2) is 6.61 Å². The number of nitrogens with one attached hydrogen (secondary N) is 1. The summed E-state index contributed by atoms with van der Waals surface area (Å²) in [5.74, 6) is -1.45. The molecule has 134 valence electrons. The smallest absolute Gasteiger partial charge is 0.321 e. The summed E-state index contributed by atoms with van der Waals surface area (Å²) in [6, 6.07) is 13.6. The largest absolute Gasteiger partial charge is 0.456 e. The number of carbonyl (C=O) groups is 2. The molecular formula is C17H13ClN2O5S. The molecular weight excluding hydrogens is 380 g/mol. The number of ketones is 1. The summed E-state index contributed by atoms with van der Waals surface area (Å²) in [5, 5.41) is 9.18. The molecule has 0 spiro atoms. The maximum absolute atomic E-state index is 12.2. The van der Waals surface area contributed by atoms with Gasteiger partial charge in [-0.15, -0.1) is 0 Å². The van der Waals surface area contributed by atoms with E-state index < -0.39 is 34.9 Å². The fraction of sp³-hybridized carbons (Fsp3) is 0.118. The molecule has 0 unspecified atom stereocenters. The number of ether oxygens (including phenoxy) is 1. The van der Waals surface area contributed by atoms with Crippen LogP contribution in [-0.4, -0.2) is 33.3 Å². The van der Waals surface area contributed by atoms with E-state index in [1.807, 2.05) is 4.72 Å².